The number of hydrogen-bond acceptors (Lipinski definition) is 5. The van der Waals surface area contributed by atoms with Crippen molar-refractivity contribution in [3.05, 3.63) is 0 Å². The highest BCUT2D eigenvalue weighted by Crippen LogP contribution is 1.96. The summed E-state index contributed by atoms with van der Waals surface area (Å²) >= 11 is 0. The van der Waals surface area contributed by atoms with Crippen LogP contribution >= 0.6 is 0 Å². The Morgan fingerprint density at radius 3 is 2.38 bits per heavy atom. The Morgan fingerprint density at radius 2 is 2.00 bits per heavy atom. The van der Waals surface area contributed by atoms with Crippen LogP contribution in [0.2, 0.25) is 0 Å². The molecule has 0 aromatic carbocycles. The molecule has 0 heterocycles. The summed E-state index contributed by atoms with van der Waals surface area (Å²) in [7, 11) is 0. The zero-order valence-corrected chi connectivity index (χ0v) is 7.23. The summed E-state index contributed by atoms with van der Waals surface area (Å²) < 4.78 is 4.62. The predicted molar refractivity (Wildman–Crippen MR) is 44.8 cm³/mol. The number of carbonyl (C=O) groups is 2. The largest absolute Gasteiger partial charge is 0.481 e. The van der Waals surface area contributed by atoms with E-state index < -0.39 is 17.9 Å². The van der Waals surface area contributed by atoms with Gasteiger partial charge in [0.2, 0.25) is 0 Å². The molecule has 5 N–H and O–H groups in total. The highest BCUT2D eigenvalue weighted by atomic mass is 16.5. The van der Waals surface area contributed by atoms with E-state index in [1.54, 1.807) is 0 Å². The van der Waals surface area contributed by atoms with Crippen LogP contribution in [0.4, 0.5) is 0 Å². The van der Waals surface area contributed by atoms with Gasteiger partial charge in [0.25, 0.3) is 0 Å². The maximum atomic E-state index is 10.8. The summed E-state index contributed by atoms with van der Waals surface area (Å²) in [5.74, 6) is -2.40. The monoisotopic (exact) mass is 190 g/mol. The van der Waals surface area contributed by atoms with Gasteiger partial charge < -0.3 is 21.3 Å². The average Bonchev–Trinajstić information content (AvgIpc) is 2.05. The van der Waals surface area contributed by atoms with E-state index in [9.17, 15) is 9.59 Å². The second-order valence-electron chi connectivity index (χ2n) is 2.49. The molecule has 0 aromatic rings. The van der Waals surface area contributed by atoms with E-state index in [1.165, 1.54) is 0 Å². The Balaban J connectivity index is 3.72. The van der Waals surface area contributed by atoms with Gasteiger partial charge in [0.05, 0.1) is 6.42 Å². The third-order valence-electron chi connectivity index (χ3n) is 1.43. The van der Waals surface area contributed by atoms with Crippen molar-refractivity contribution in [2.75, 3.05) is 19.7 Å². The molecule has 6 heteroatoms. The van der Waals surface area contributed by atoms with Gasteiger partial charge in [-0.1, -0.05) is 0 Å². The van der Waals surface area contributed by atoms with Gasteiger partial charge in [0.15, 0.2) is 0 Å². The quantitative estimate of drug-likeness (QED) is 0.441. The normalized spacial score (nSPS) is 12.2. The minimum absolute atomic E-state index is 0.0504. The molecule has 0 fully saturated rings. The lowest BCUT2D eigenvalue weighted by Crippen LogP contribution is -2.29. The van der Waals surface area contributed by atoms with Crippen LogP contribution in [0.15, 0.2) is 0 Å². The molecule has 0 saturated heterocycles. The maximum absolute atomic E-state index is 10.8. The van der Waals surface area contributed by atoms with Crippen molar-refractivity contribution in [3.63, 3.8) is 0 Å². The van der Waals surface area contributed by atoms with Crippen LogP contribution in [0.3, 0.4) is 0 Å². The lowest BCUT2D eigenvalue weighted by Gasteiger charge is -2.09. The van der Waals surface area contributed by atoms with E-state index >= 15 is 0 Å². The number of carboxylic acid groups (broad SMARTS) is 1. The Morgan fingerprint density at radius 1 is 1.38 bits per heavy atom. The molecular weight excluding hydrogens is 176 g/mol. The molecular formula is C7H14N2O4. The standard InChI is InChI=1S/C7H14N2O4/c8-2-1-6(10)13-4-5(3-9)7(11)12/h5H,1-4,8-9H2,(H,11,12). The van der Waals surface area contributed by atoms with Gasteiger partial charge in [-0.15, -0.1) is 0 Å². The molecule has 0 rings (SSSR count). The summed E-state index contributed by atoms with van der Waals surface area (Å²) in [4.78, 5) is 21.2. The van der Waals surface area contributed by atoms with Gasteiger partial charge in [0.1, 0.15) is 12.5 Å². The first-order valence-electron chi connectivity index (χ1n) is 3.90. The zero-order chi connectivity index (χ0) is 10.3. The summed E-state index contributed by atoms with van der Waals surface area (Å²) in [5.41, 5.74) is 10.2. The van der Waals surface area contributed by atoms with E-state index in [4.69, 9.17) is 16.6 Å². The number of hydrogen-bond donors (Lipinski definition) is 3. The van der Waals surface area contributed by atoms with Gasteiger partial charge in [-0.05, 0) is 0 Å². The smallest absolute Gasteiger partial charge is 0.311 e. The molecule has 1 unspecified atom stereocenters. The van der Waals surface area contributed by atoms with Crippen LogP contribution in [0.5, 0.6) is 0 Å². The first-order chi connectivity index (χ1) is 6.11. The van der Waals surface area contributed by atoms with Crippen molar-refractivity contribution in [2.24, 2.45) is 17.4 Å². The zero-order valence-electron chi connectivity index (χ0n) is 7.23. The summed E-state index contributed by atoms with van der Waals surface area (Å²) in [6.45, 7) is -0.0465. The third-order valence-corrected chi connectivity index (χ3v) is 1.43. The number of ether oxygens (including phenoxy) is 1. The van der Waals surface area contributed by atoms with Crippen molar-refractivity contribution in [1.82, 2.24) is 0 Å². The van der Waals surface area contributed by atoms with Crippen LogP contribution in [-0.4, -0.2) is 36.7 Å². The summed E-state index contributed by atoms with van der Waals surface area (Å²) in [5, 5.41) is 8.52. The van der Waals surface area contributed by atoms with Crippen LogP contribution < -0.4 is 11.5 Å². The van der Waals surface area contributed by atoms with Gasteiger partial charge in [0, 0.05) is 13.1 Å². The van der Waals surface area contributed by atoms with Crippen molar-refractivity contribution in [3.8, 4) is 0 Å². The Kier molecular flexibility index (Phi) is 5.82. The summed E-state index contributed by atoms with van der Waals surface area (Å²) in [6, 6.07) is 0. The number of aliphatic carboxylic acids is 1. The first-order valence-corrected chi connectivity index (χ1v) is 3.90. The second kappa shape index (κ2) is 6.38. The Bertz CT molecular complexity index is 183. The van der Waals surface area contributed by atoms with E-state index in [1.807, 2.05) is 0 Å². The fraction of sp³-hybridized carbons (Fsp3) is 0.714. The third kappa shape index (κ3) is 5.15. The minimum Gasteiger partial charge on any atom is -0.481 e. The van der Waals surface area contributed by atoms with Gasteiger partial charge in [-0.3, -0.25) is 9.59 Å². The van der Waals surface area contributed by atoms with E-state index in [0.717, 1.165) is 0 Å². The highest BCUT2D eigenvalue weighted by molar-refractivity contribution is 5.72. The number of rotatable bonds is 6. The van der Waals surface area contributed by atoms with Gasteiger partial charge in [-0.25, -0.2) is 0 Å². The molecule has 0 radical (unpaired) electrons. The highest BCUT2D eigenvalue weighted by Gasteiger charge is 2.17. The van der Waals surface area contributed by atoms with E-state index in [-0.39, 0.29) is 26.1 Å². The van der Waals surface area contributed by atoms with Crippen LogP contribution in [0.1, 0.15) is 6.42 Å². The number of carboxylic acids is 1. The molecule has 13 heavy (non-hydrogen) atoms. The molecule has 0 aliphatic rings. The topological polar surface area (TPSA) is 116 Å². The van der Waals surface area contributed by atoms with Crippen LogP contribution in [0.25, 0.3) is 0 Å². The lowest BCUT2D eigenvalue weighted by molar-refractivity contribution is -0.150. The fourth-order valence-corrected chi connectivity index (χ4v) is 0.624. The van der Waals surface area contributed by atoms with Crippen molar-refractivity contribution >= 4 is 11.9 Å². The Hall–Kier alpha value is -1.14. The summed E-state index contributed by atoms with van der Waals surface area (Å²) in [6.07, 6.45) is 0.0942. The predicted octanol–water partition coefficient (Wildman–Crippen LogP) is -1.46. The molecule has 76 valence electrons. The first kappa shape index (κ1) is 11.9. The van der Waals surface area contributed by atoms with E-state index in [0.29, 0.717) is 0 Å². The lowest BCUT2D eigenvalue weighted by atomic mass is 10.2. The van der Waals surface area contributed by atoms with Crippen molar-refractivity contribution in [1.29, 1.82) is 0 Å². The molecule has 1 atom stereocenters. The van der Waals surface area contributed by atoms with E-state index in [2.05, 4.69) is 4.74 Å². The molecule has 0 aliphatic heterocycles. The fourth-order valence-electron chi connectivity index (χ4n) is 0.624. The Labute approximate surface area is 75.8 Å². The van der Waals surface area contributed by atoms with Crippen molar-refractivity contribution in [2.45, 2.75) is 6.42 Å². The molecule has 0 aliphatic carbocycles. The number of nitrogens with two attached hydrogens (primary N) is 2. The van der Waals surface area contributed by atoms with Gasteiger partial charge >= 0.3 is 11.9 Å². The SMILES string of the molecule is NCCC(=O)OCC(CN)C(=O)O. The maximum Gasteiger partial charge on any atom is 0.311 e. The molecule has 0 spiro atoms. The number of esters is 1. The average molecular weight is 190 g/mol. The molecule has 0 bridgehead atoms. The van der Waals surface area contributed by atoms with Crippen LogP contribution in [0, 0.1) is 5.92 Å². The molecule has 0 amide bonds. The molecule has 6 nitrogen and oxygen atoms in total. The molecule has 0 aromatic heterocycles. The number of carbonyl (C=O) groups excluding carboxylic acids is 1. The second-order valence-corrected chi connectivity index (χ2v) is 2.49. The van der Waals surface area contributed by atoms with Crippen molar-refractivity contribution < 1.29 is 19.4 Å². The van der Waals surface area contributed by atoms with Crippen LogP contribution in [-0.2, 0) is 14.3 Å². The molecule has 0 saturated carbocycles. The van der Waals surface area contributed by atoms with Gasteiger partial charge in [-0.2, -0.15) is 0 Å². The minimum atomic E-state index is -1.07.